The summed E-state index contributed by atoms with van der Waals surface area (Å²) in [6, 6.07) is 3.21. The van der Waals surface area contributed by atoms with E-state index < -0.39 is 4.92 Å². The average molecular weight is 376 g/mol. The third-order valence-electron chi connectivity index (χ3n) is 4.75. The molecule has 140 valence electrons. The molecule has 8 heteroatoms. The molecule has 1 aromatic heterocycles. The van der Waals surface area contributed by atoms with Gasteiger partial charge >= 0.3 is 0 Å². The first-order valence-electron chi connectivity index (χ1n) is 9.06. The summed E-state index contributed by atoms with van der Waals surface area (Å²) in [5.41, 5.74) is 0.304. The number of non-ortho nitro benzene ring substituents is 1. The maximum Gasteiger partial charge on any atom is 0.287 e. The molecule has 26 heavy (non-hydrogen) atoms. The van der Waals surface area contributed by atoms with Crippen LogP contribution in [0.5, 0.6) is 0 Å². The molecule has 2 heterocycles. The summed E-state index contributed by atoms with van der Waals surface area (Å²) in [7, 11) is 0. The Morgan fingerprint density at radius 2 is 1.96 bits per heavy atom. The number of fused-ring (bicyclic) bond motifs is 1. The summed E-state index contributed by atoms with van der Waals surface area (Å²) in [5, 5.41) is 12.3. The van der Waals surface area contributed by atoms with Crippen LogP contribution in [0.1, 0.15) is 31.7 Å². The van der Waals surface area contributed by atoms with Crippen molar-refractivity contribution >= 4 is 32.2 Å². The maximum absolute atomic E-state index is 12.4. The van der Waals surface area contributed by atoms with E-state index in [0.29, 0.717) is 20.8 Å². The van der Waals surface area contributed by atoms with Crippen LogP contribution in [0.25, 0.3) is 10.1 Å². The molecule has 1 aliphatic heterocycles. The van der Waals surface area contributed by atoms with Gasteiger partial charge in [-0.1, -0.05) is 31.1 Å². The van der Waals surface area contributed by atoms with Crippen LogP contribution in [0.3, 0.4) is 0 Å². The van der Waals surface area contributed by atoms with Crippen molar-refractivity contribution in [2.75, 3.05) is 37.6 Å². The SMILES string of the molecule is CCCCCN1CCN(c2nc(=O)c3cc(C)cc([N+](=O)[O-])c3s2)CC1. The summed E-state index contributed by atoms with van der Waals surface area (Å²) in [4.78, 5) is 32.2. The van der Waals surface area contributed by atoms with Gasteiger partial charge in [-0.05, 0) is 31.5 Å². The number of aryl methyl sites for hydroxylation is 1. The van der Waals surface area contributed by atoms with E-state index in [4.69, 9.17) is 0 Å². The molecule has 0 saturated carbocycles. The number of aromatic nitrogens is 1. The highest BCUT2D eigenvalue weighted by atomic mass is 32.1. The Bertz CT molecular complexity index is 859. The minimum Gasteiger partial charge on any atom is -0.345 e. The highest BCUT2D eigenvalue weighted by Crippen LogP contribution is 2.32. The molecule has 1 saturated heterocycles. The summed E-state index contributed by atoms with van der Waals surface area (Å²) in [6.45, 7) is 8.50. The quantitative estimate of drug-likeness (QED) is 0.438. The van der Waals surface area contributed by atoms with Crippen LogP contribution in [0.4, 0.5) is 10.8 Å². The van der Waals surface area contributed by atoms with Crippen molar-refractivity contribution in [3.63, 3.8) is 0 Å². The molecule has 1 aromatic carbocycles. The van der Waals surface area contributed by atoms with Crippen molar-refractivity contribution in [3.05, 3.63) is 38.2 Å². The Morgan fingerprint density at radius 1 is 1.23 bits per heavy atom. The van der Waals surface area contributed by atoms with Crippen LogP contribution in [-0.4, -0.2) is 47.5 Å². The number of unbranched alkanes of at least 4 members (excludes halogenated alkanes) is 2. The van der Waals surface area contributed by atoms with Gasteiger partial charge in [0.2, 0.25) is 0 Å². The Morgan fingerprint density at radius 3 is 2.62 bits per heavy atom. The third-order valence-corrected chi connectivity index (χ3v) is 5.92. The number of nitrogens with zero attached hydrogens (tertiary/aromatic N) is 4. The molecule has 0 radical (unpaired) electrons. The molecule has 3 rings (SSSR count). The minimum atomic E-state index is -0.416. The van der Waals surface area contributed by atoms with Gasteiger partial charge in [-0.25, -0.2) is 0 Å². The predicted molar refractivity (Wildman–Crippen MR) is 105 cm³/mol. The first-order valence-corrected chi connectivity index (χ1v) is 9.88. The zero-order valence-electron chi connectivity index (χ0n) is 15.2. The van der Waals surface area contributed by atoms with Crippen molar-refractivity contribution in [2.24, 2.45) is 0 Å². The smallest absolute Gasteiger partial charge is 0.287 e. The first kappa shape index (κ1) is 18.7. The fourth-order valence-corrected chi connectivity index (χ4v) is 4.42. The van der Waals surface area contributed by atoms with Crippen molar-refractivity contribution in [1.82, 2.24) is 9.88 Å². The Balaban J connectivity index is 1.83. The van der Waals surface area contributed by atoms with E-state index in [1.54, 1.807) is 13.0 Å². The van der Waals surface area contributed by atoms with E-state index >= 15 is 0 Å². The van der Waals surface area contributed by atoms with E-state index in [0.717, 1.165) is 32.7 Å². The van der Waals surface area contributed by atoms with E-state index in [2.05, 4.69) is 21.7 Å². The first-order chi connectivity index (χ1) is 12.5. The number of nitro groups is 1. The van der Waals surface area contributed by atoms with Crippen LogP contribution in [0.15, 0.2) is 16.9 Å². The molecule has 2 aromatic rings. The summed E-state index contributed by atoms with van der Waals surface area (Å²) >= 11 is 1.25. The van der Waals surface area contributed by atoms with Crippen molar-refractivity contribution in [1.29, 1.82) is 0 Å². The molecular weight excluding hydrogens is 352 g/mol. The largest absolute Gasteiger partial charge is 0.345 e. The highest BCUT2D eigenvalue weighted by molar-refractivity contribution is 7.22. The molecule has 1 fully saturated rings. The van der Waals surface area contributed by atoms with Gasteiger partial charge in [-0.3, -0.25) is 19.8 Å². The monoisotopic (exact) mass is 376 g/mol. The van der Waals surface area contributed by atoms with Gasteiger partial charge in [-0.2, -0.15) is 4.98 Å². The molecule has 0 unspecified atom stereocenters. The molecule has 0 aliphatic carbocycles. The molecule has 0 bridgehead atoms. The number of benzene rings is 1. The molecule has 0 spiro atoms. The minimum absolute atomic E-state index is 0.0102. The van der Waals surface area contributed by atoms with Crippen LogP contribution < -0.4 is 10.5 Å². The lowest BCUT2D eigenvalue weighted by Crippen LogP contribution is -2.47. The molecule has 1 aliphatic rings. The highest BCUT2D eigenvalue weighted by Gasteiger charge is 2.22. The van der Waals surface area contributed by atoms with Crippen molar-refractivity contribution < 1.29 is 4.92 Å². The molecule has 0 atom stereocenters. The van der Waals surface area contributed by atoms with E-state index in [-0.39, 0.29) is 11.2 Å². The lowest BCUT2D eigenvalue weighted by atomic mass is 10.1. The zero-order chi connectivity index (χ0) is 18.7. The van der Waals surface area contributed by atoms with E-state index in [1.807, 2.05) is 0 Å². The van der Waals surface area contributed by atoms with Gasteiger partial charge in [0.1, 0.15) is 4.70 Å². The third kappa shape index (κ3) is 4.02. The fourth-order valence-electron chi connectivity index (χ4n) is 3.30. The van der Waals surface area contributed by atoms with Gasteiger partial charge in [0.15, 0.2) is 5.13 Å². The van der Waals surface area contributed by atoms with Gasteiger partial charge in [-0.15, -0.1) is 0 Å². The lowest BCUT2D eigenvalue weighted by Gasteiger charge is -2.34. The number of piperazine rings is 1. The Labute approximate surface area is 156 Å². The number of anilines is 1. The number of nitro benzene ring substituents is 1. The van der Waals surface area contributed by atoms with Gasteiger partial charge < -0.3 is 4.90 Å². The van der Waals surface area contributed by atoms with Crippen LogP contribution in [-0.2, 0) is 0 Å². The second kappa shape index (κ2) is 8.09. The zero-order valence-corrected chi connectivity index (χ0v) is 16.0. The number of hydrogen-bond donors (Lipinski definition) is 0. The van der Waals surface area contributed by atoms with Crippen LogP contribution >= 0.6 is 11.3 Å². The van der Waals surface area contributed by atoms with E-state index in [9.17, 15) is 14.9 Å². The molecular formula is C18H24N4O3S. The van der Waals surface area contributed by atoms with Crippen molar-refractivity contribution in [3.8, 4) is 0 Å². The molecule has 7 nitrogen and oxygen atoms in total. The number of hydrogen-bond acceptors (Lipinski definition) is 7. The van der Waals surface area contributed by atoms with Crippen LogP contribution in [0, 0.1) is 17.0 Å². The van der Waals surface area contributed by atoms with E-state index in [1.165, 1.54) is 36.7 Å². The second-order valence-electron chi connectivity index (χ2n) is 6.76. The van der Waals surface area contributed by atoms with Crippen molar-refractivity contribution in [2.45, 2.75) is 33.1 Å². The Hall–Kier alpha value is -2.06. The topological polar surface area (TPSA) is 79.6 Å². The van der Waals surface area contributed by atoms with Crippen LogP contribution in [0.2, 0.25) is 0 Å². The van der Waals surface area contributed by atoms with Gasteiger partial charge in [0.05, 0.1) is 10.3 Å². The van der Waals surface area contributed by atoms with Gasteiger partial charge in [0, 0.05) is 32.2 Å². The average Bonchev–Trinajstić information content (AvgIpc) is 2.62. The maximum atomic E-state index is 12.4. The molecule has 0 amide bonds. The summed E-state index contributed by atoms with van der Waals surface area (Å²) in [5.74, 6) is 0. The normalized spacial score (nSPS) is 15.5. The second-order valence-corrected chi connectivity index (χ2v) is 7.73. The predicted octanol–water partition coefficient (Wildman–Crippen LogP) is 3.19. The summed E-state index contributed by atoms with van der Waals surface area (Å²) in [6.07, 6.45) is 3.67. The summed E-state index contributed by atoms with van der Waals surface area (Å²) < 4.78 is 0.418. The fraction of sp³-hybridized carbons (Fsp3) is 0.556. The lowest BCUT2D eigenvalue weighted by molar-refractivity contribution is -0.382. The van der Waals surface area contributed by atoms with Gasteiger partial charge in [0.25, 0.3) is 11.2 Å². The molecule has 0 N–H and O–H groups in total. The Kier molecular flexibility index (Phi) is 5.83. The standard InChI is InChI=1S/C18H24N4O3S/c1-3-4-5-6-20-7-9-21(10-8-20)18-19-17(23)14-11-13(2)12-15(22(24)25)16(14)26-18/h11-12H,3-10H2,1-2H3. The number of rotatable bonds is 6.